The van der Waals surface area contributed by atoms with E-state index in [1.54, 1.807) is 43.5 Å². The fourth-order valence-corrected chi connectivity index (χ4v) is 3.52. The number of amides is 1. The Bertz CT molecular complexity index is 1030. The number of ether oxygens (including phenoxy) is 1. The van der Waals surface area contributed by atoms with E-state index in [9.17, 15) is 14.3 Å². The monoisotopic (exact) mass is 456 g/mol. The highest BCUT2D eigenvalue weighted by molar-refractivity contribution is 6.30. The van der Waals surface area contributed by atoms with Gasteiger partial charge in [0.1, 0.15) is 11.6 Å². The van der Waals surface area contributed by atoms with Crippen LogP contribution in [0.1, 0.15) is 21.5 Å². The van der Waals surface area contributed by atoms with Crippen LogP contribution in [-0.2, 0) is 13.0 Å². The van der Waals surface area contributed by atoms with Crippen molar-refractivity contribution in [1.29, 1.82) is 0 Å². The van der Waals surface area contributed by atoms with Gasteiger partial charge in [-0.15, -0.1) is 0 Å². The summed E-state index contributed by atoms with van der Waals surface area (Å²) in [5, 5.41) is 17.4. The SMILES string of the molecule is COc1cccc(CNC[C@@H](O)[C@H](Cc2ccc(F)cc2)NC(=O)c2cccc(Cl)c2)c1. The number of hydrogen-bond donors (Lipinski definition) is 3. The van der Waals surface area contributed by atoms with E-state index in [0.29, 0.717) is 23.6 Å². The highest BCUT2D eigenvalue weighted by Gasteiger charge is 2.22. The molecule has 7 heteroatoms. The second-order valence-electron chi connectivity index (χ2n) is 7.47. The summed E-state index contributed by atoms with van der Waals surface area (Å²) >= 11 is 6.00. The van der Waals surface area contributed by atoms with Crippen LogP contribution in [0.2, 0.25) is 5.02 Å². The number of hydrogen-bond acceptors (Lipinski definition) is 4. The Morgan fingerprint density at radius 2 is 1.81 bits per heavy atom. The van der Waals surface area contributed by atoms with Crippen molar-refractivity contribution >= 4 is 17.5 Å². The Labute approximate surface area is 192 Å². The lowest BCUT2D eigenvalue weighted by molar-refractivity contribution is 0.0830. The Balaban J connectivity index is 1.67. The standard InChI is InChI=1S/C25H26ClFN2O3/c1-32-22-7-2-4-18(12-22)15-28-16-24(30)23(13-17-8-10-21(27)11-9-17)29-25(31)19-5-3-6-20(26)14-19/h2-12,14,23-24,28,30H,13,15-16H2,1H3,(H,29,31)/t23-,24+/m0/s1. The van der Waals surface area contributed by atoms with Crippen molar-refractivity contribution in [1.82, 2.24) is 10.6 Å². The van der Waals surface area contributed by atoms with Crippen LogP contribution < -0.4 is 15.4 Å². The lowest BCUT2D eigenvalue weighted by atomic mass is 10.00. The fourth-order valence-electron chi connectivity index (χ4n) is 3.33. The first-order valence-electron chi connectivity index (χ1n) is 10.3. The second kappa shape index (κ2) is 11.6. The van der Waals surface area contributed by atoms with Gasteiger partial charge in [-0.05, 0) is 60.0 Å². The molecule has 0 saturated carbocycles. The first-order valence-corrected chi connectivity index (χ1v) is 10.6. The largest absolute Gasteiger partial charge is 0.497 e. The molecule has 5 nitrogen and oxygen atoms in total. The third kappa shape index (κ3) is 7.05. The molecule has 2 atom stereocenters. The van der Waals surface area contributed by atoms with Crippen LogP contribution in [0.5, 0.6) is 5.75 Å². The lowest BCUT2D eigenvalue weighted by Gasteiger charge is -2.25. The topological polar surface area (TPSA) is 70.6 Å². The number of rotatable bonds is 10. The minimum absolute atomic E-state index is 0.249. The Hall–Kier alpha value is -2.93. The number of nitrogens with one attached hydrogen (secondary N) is 2. The number of halogens is 2. The van der Waals surface area contributed by atoms with Crippen LogP contribution in [-0.4, -0.2) is 36.8 Å². The first-order chi connectivity index (χ1) is 15.4. The fraction of sp³-hybridized carbons (Fsp3) is 0.240. The van der Waals surface area contributed by atoms with Gasteiger partial charge in [0.2, 0.25) is 0 Å². The lowest BCUT2D eigenvalue weighted by Crippen LogP contribution is -2.48. The van der Waals surface area contributed by atoms with Crippen molar-refractivity contribution in [2.75, 3.05) is 13.7 Å². The molecule has 0 heterocycles. The Kier molecular flexibility index (Phi) is 8.62. The zero-order valence-corrected chi connectivity index (χ0v) is 18.5. The molecule has 0 aliphatic carbocycles. The third-order valence-corrected chi connectivity index (χ3v) is 5.29. The van der Waals surface area contributed by atoms with Gasteiger partial charge in [-0.2, -0.15) is 0 Å². The maximum absolute atomic E-state index is 13.3. The maximum atomic E-state index is 13.3. The normalized spacial score (nSPS) is 12.8. The smallest absolute Gasteiger partial charge is 0.251 e. The Morgan fingerprint density at radius 3 is 2.53 bits per heavy atom. The van der Waals surface area contributed by atoms with Gasteiger partial charge in [0, 0.05) is 23.7 Å². The highest BCUT2D eigenvalue weighted by atomic mass is 35.5. The Morgan fingerprint density at radius 1 is 1.06 bits per heavy atom. The average molecular weight is 457 g/mol. The van der Waals surface area contributed by atoms with Crippen molar-refractivity contribution in [3.05, 3.63) is 100 Å². The van der Waals surface area contributed by atoms with E-state index >= 15 is 0 Å². The van der Waals surface area contributed by atoms with Gasteiger partial charge in [-0.25, -0.2) is 4.39 Å². The minimum Gasteiger partial charge on any atom is -0.497 e. The van der Waals surface area contributed by atoms with Gasteiger partial charge in [0.25, 0.3) is 5.91 Å². The van der Waals surface area contributed by atoms with E-state index in [1.165, 1.54) is 12.1 Å². The molecule has 0 aliphatic heterocycles. The van der Waals surface area contributed by atoms with Gasteiger partial charge in [-0.1, -0.05) is 41.9 Å². The van der Waals surface area contributed by atoms with Crippen molar-refractivity contribution in [3.8, 4) is 5.75 Å². The first kappa shape index (κ1) is 23.7. The summed E-state index contributed by atoms with van der Waals surface area (Å²) in [6.07, 6.45) is -0.539. The van der Waals surface area contributed by atoms with Crippen LogP contribution in [0.25, 0.3) is 0 Å². The summed E-state index contributed by atoms with van der Waals surface area (Å²) in [6, 6.07) is 19.6. The molecule has 3 aromatic carbocycles. The number of benzene rings is 3. The van der Waals surface area contributed by atoms with Gasteiger partial charge >= 0.3 is 0 Å². The zero-order chi connectivity index (χ0) is 22.9. The van der Waals surface area contributed by atoms with Crippen molar-refractivity contribution < 1.29 is 19.0 Å². The van der Waals surface area contributed by atoms with Crippen LogP contribution in [0.3, 0.4) is 0 Å². The molecule has 0 spiro atoms. The molecule has 0 fully saturated rings. The molecule has 0 unspecified atom stereocenters. The molecular weight excluding hydrogens is 431 g/mol. The molecule has 1 amide bonds. The third-order valence-electron chi connectivity index (χ3n) is 5.05. The summed E-state index contributed by atoms with van der Waals surface area (Å²) in [7, 11) is 1.61. The van der Waals surface area contributed by atoms with Crippen LogP contribution in [0.15, 0.2) is 72.8 Å². The number of carbonyl (C=O) groups is 1. The van der Waals surface area contributed by atoms with Crippen molar-refractivity contribution in [2.45, 2.75) is 25.1 Å². The predicted octanol–water partition coefficient (Wildman–Crippen LogP) is 3.98. The molecule has 3 rings (SSSR count). The van der Waals surface area contributed by atoms with Crippen LogP contribution in [0, 0.1) is 5.82 Å². The van der Waals surface area contributed by atoms with Crippen LogP contribution >= 0.6 is 11.6 Å². The highest BCUT2D eigenvalue weighted by Crippen LogP contribution is 2.14. The number of methoxy groups -OCH3 is 1. The van der Waals surface area contributed by atoms with E-state index in [-0.39, 0.29) is 18.3 Å². The predicted molar refractivity (Wildman–Crippen MR) is 124 cm³/mol. The summed E-state index contributed by atoms with van der Waals surface area (Å²) in [4.78, 5) is 12.7. The van der Waals surface area contributed by atoms with E-state index in [2.05, 4.69) is 10.6 Å². The van der Waals surface area contributed by atoms with E-state index in [1.807, 2.05) is 24.3 Å². The molecule has 0 aromatic heterocycles. The quantitative estimate of drug-likeness (QED) is 0.431. The average Bonchev–Trinajstić information content (AvgIpc) is 2.80. The summed E-state index contributed by atoms with van der Waals surface area (Å²) in [6.45, 7) is 0.776. The van der Waals surface area contributed by atoms with Crippen molar-refractivity contribution in [2.24, 2.45) is 0 Å². The van der Waals surface area contributed by atoms with Gasteiger partial charge < -0.3 is 20.5 Å². The van der Waals surface area contributed by atoms with Gasteiger partial charge in [0.05, 0.1) is 19.3 Å². The molecule has 0 bridgehead atoms. The molecule has 3 aromatic rings. The molecule has 0 aliphatic rings. The van der Waals surface area contributed by atoms with Gasteiger partial charge in [0.15, 0.2) is 0 Å². The van der Waals surface area contributed by atoms with Crippen LogP contribution in [0.4, 0.5) is 4.39 Å². The van der Waals surface area contributed by atoms with E-state index < -0.39 is 12.1 Å². The number of aliphatic hydroxyl groups is 1. The number of carbonyl (C=O) groups excluding carboxylic acids is 1. The molecule has 0 saturated heterocycles. The summed E-state index contributed by atoms with van der Waals surface area (Å²) in [5.41, 5.74) is 2.21. The molecule has 0 radical (unpaired) electrons. The van der Waals surface area contributed by atoms with E-state index in [0.717, 1.165) is 16.9 Å². The van der Waals surface area contributed by atoms with E-state index in [4.69, 9.17) is 16.3 Å². The van der Waals surface area contributed by atoms with Crippen molar-refractivity contribution in [3.63, 3.8) is 0 Å². The second-order valence-corrected chi connectivity index (χ2v) is 7.91. The molecule has 168 valence electrons. The summed E-state index contributed by atoms with van der Waals surface area (Å²) < 4.78 is 18.5. The zero-order valence-electron chi connectivity index (χ0n) is 17.7. The molecular formula is C25H26ClFN2O3. The summed E-state index contributed by atoms with van der Waals surface area (Å²) in [5.74, 6) is 0.0769. The maximum Gasteiger partial charge on any atom is 0.251 e. The minimum atomic E-state index is -0.881. The molecule has 32 heavy (non-hydrogen) atoms. The number of aliphatic hydroxyl groups excluding tert-OH is 1. The van der Waals surface area contributed by atoms with Gasteiger partial charge in [-0.3, -0.25) is 4.79 Å². The molecule has 3 N–H and O–H groups in total.